The molecule has 0 aliphatic carbocycles. The van der Waals surface area contributed by atoms with Crippen LogP contribution in [0.2, 0.25) is 0 Å². The molecule has 0 radical (unpaired) electrons. The van der Waals surface area contributed by atoms with Crippen LogP contribution in [0.4, 0.5) is 5.82 Å². The number of nitrogens with zero attached hydrogens (tertiary/aromatic N) is 3. The summed E-state index contributed by atoms with van der Waals surface area (Å²) in [5.74, 6) is 0.447. The molecule has 1 aromatic heterocycles. The zero-order valence-corrected chi connectivity index (χ0v) is 18.0. The van der Waals surface area contributed by atoms with Gasteiger partial charge in [-0.25, -0.2) is 4.79 Å². The first-order chi connectivity index (χ1) is 13.9. The smallest absolute Gasteiger partial charge is 0.332 e. The maximum absolute atomic E-state index is 12.7. The van der Waals surface area contributed by atoms with Crippen molar-refractivity contribution < 1.29 is 4.79 Å². The first-order valence-corrected chi connectivity index (χ1v) is 11.1. The van der Waals surface area contributed by atoms with Gasteiger partial charge in [-0.3, -0.25) is 18.7 Å². The molecule has 1 aliphatic heterocycles. The fourth-order valence-electron chi connectivity index (χ4n) is 3.69. The highest BCUT2D eigenvalue weighted by Crippen LogP contribution is 2.22. The van der Waals surface area contributed by atoms with Gasteiger partial charge in [0.15, 0.2) is 0 Å². The van der Waals surface area contributed by atoms with E-state index in [2.05, 4.69) is 17.4 Å². The zero-order chi connectivity index (χ0) is 21.0. The van der Waals surface area contributed by atoms with Crippen molar-refractivity contribution in [1.82, 2.24) is 14.5 Å². The number of benzene rings is 1. The quantitative estimate of drug-likeness (QED) is 0.727. The Kier molecular flexibility index (Phi) is 6.84. The van der Waals surface area contributed by atoms with Crippen molar-refractivity contribution in [1.29, 1.82) is 0 Å². The standard InChI is InChI=1S/C21H28N4O3S/c1-4-25-18(12-19(26)23(2)21(25)28)24-11-5-6-16(14-24)20(27)22-13-15-7-9-17(29-3)10-8-15/h7-10,12,16H,4-6,11,13-14H2,1-3H3,(H,22,27)/t16-/m1/s1. The number of rotatable bonds is 6. The van der Waals surface area contributed by atoms with Gasteiger partial charge in [-0.1, -0.05) is 12.1 Å². The van der Waals surface area contributed by atoms with Crippen molar-refractivity contribution in [3.8, 4) is 0 Å². The molecule has 1 aromatic carbocycles. The molecule has 0 spiro atoms. The van der Waals surface area contributed by atoms with Crippen LogP contribution in [-0.4, -0.2) is 34.4 Å². The number of aromatic nitrogens is 2. The molecular formula is C21H28N4O3S. The van der Waals surface area contributed by atoms with Gasteiger partial charge in [0.05, 0.1) is 5.92 Å². The minimum Gasteiger partial charge on any atom is -0.357 e. The summed E-state index contributed by atoms with van der Waals surface area (Å²) >= 11 is 1.69. The molecular weight excluding hydrogens is 388 g/mol. The Morgan fingerprint density at radius 2 is 1.97 bits per heavy atom. The van der Waals surface area contributed by atoms with Gasteiger partial charge in [-0.05, 0) is 43.7 Å². The molecule has 3 rings (SSSR count). The van der Waals surface area contributed by atoms with Gasteiger partial charge >= 0.3 is 5.69 Å². The predicted molar refractivity (Wildman–Crippen MR) is 117 cm³/mol. The van der Waals surface area contributed by atoms with E-state index in [0.29, 0.717) is 25.5 Å². The van der Waals surface area contributed by atoms with Gasteiger partial charge in [0.25, 0.3) is 5.56 Å². The number of thioether (sulfide) groups is 1. The highest BCUT2D eigenvalue weighted by Gasteiger charge is 2.27. The summed E-state index contributed by atoms with van der Waals surface area (Å²) < 4.78 is 2.71. The SMILES string of the molecule is CCn1c(N2CCC[C@@H](C(=O)NCc3ccc(SC)cc3)C2)cc(=O)n(C)c1=O. The molecule has 1 aliphatic rings. The Morgan fingerprint density at radius 3 is 2.62 bits per heavy atom. The summed E-state index contributed by atoms with van der Waals surface area (Å²) in [4.78, 5) is 40.5. The second kappa shape index (κ2) is 9.35. The summed E-state index contributed by atoms with van der Waals surface area (Å²) in [6.07, 6.45) is 3.68. The van der Waals surface area contributed by atoms with E-state index in [-0.39, 0.29) is 23.1 Å². The molecule has 0 saturated carbocycles. The molecule has 2 heterocycles. The first-order valence-electron chi connectivity index (χ1n) is 9.91. The highest BCUT2D eigenvalue weighted by molar-refractivity contribution is 7.98. The van der Waals surface area contributed by atoms with E-state index in [1.807, 2.05) is 30.2 Å². The van der Waals surface area contributed by atoms with Crippen LogP contribution in [0.5, 0.6) is 0 Å². The van der Waals surface area contributed by atoms with Crippen molar-refractivity contribution in [2.75, 3.05) is 24.2 Å². The fourth-order valence-corrected chi connectivity index (χ4v) is 4.10. The number of hydrogen-bond acceptors (Lipinski definition) is 5. The second-order valence-corrected chi connectivity index (χ2v) is 8.16. The van der Waals surface area contributed by atoms with E-state index in [0.717, 1.165) is 29.5 Å². The third-order valence-electron chi connectivity index (χ3n) is 5.44. The van der Waals surface area contributed by atoms with Crippen molar-refractivity contribution >= 4 is 23.5 Å². The van der Waals surface area contributed by atoms with Gasteiger partial charge < -0.3 is 10.2 Å². The molecule has 2 aromatic rings. The van der Waals surface area contributed by atoms with E-state index in [1.165, 1.54) is 18.0 Å². The first kappa shape index (κ1) is 21.2. The molecule has 0 unspecified atom stereocenters. The lowest BCUT2D eigenvalue weighted by Gasteiger charge is -2.34. The molecule has 1 atom stereocenters. The Labute approximate surface area is 174 Å². The van der Waals surface area contributed by atoms with Crippen molar-refractivity contribution in [2.24, 2.45) is 13.0 Å². The van der Waals surface area contributed by atoms with Crippen LogP contribution < -0.4 is 21.5 Å². The number of piperidine rings is 1. The highest BCUT2D eigenvalue weighted by atomic mass is 32.2. The maximum Gasteiger partial charge on any atom is 0.332 e. The largest absolute Gasteiger partial charge is 0.357 e. The number of hydrogen-bond donors (Lipinski definition) is 1. The Bertz CT molecular complexity index is 981. The predicted octanol–water partition coefficient (Wildman–Crippen LogP) is 1.82. The molecule has 1 N–H and O–H groups in total. The second-order valence-electron chi connectivity index (χ2n) is 7.28. The van der Waals surface area contributed by atoms with Crippen LogP contribution in [0.1, 0.15) is 25.3 Å². The van der Waals surface area contributed by atoms with Crippen LogP contribution in [0.3, 0.4) is 0 Å². The van der Waals surface area contributed by atoms with Gasteiger partial charge in [0.2, 0.25) is 5.91 Å². The van der Waals surface area contributed by atoms with Gasteiger partial charge in [-0.15, -0.1) is 11.8 Å². The summed E-state index contributed by atoms with van der Waals surface area (Å²) in [5, 5.41) is 3.03. The van der Waals surface area contributed by atoms with E-state index in [1.54, 1.807) is 16.3 Å². The molecule has 0 bridgehead atoms. The number of carbonyl (C=O) groups is 1. The molecule has 1 saturated heterocycles. The topological polar surface area (TPSA) is 76.3 Å². The Balaban J connectivity index is 1.69. The molecule has 8 heteroatoms. The van der Waals surface area contributed by atoms with Crippen molar-refractivity contribution in [3.05, 3.63) is 56.7 Å². The number of carbonyl (C=O) groups excluding carboxylic acids is 1. The van der Waals surface area contributed by atoms with Crippen molar-refractivity contribution in [3.63, 3.8) is 0 Å². The average molecular weight is 417 g/mol. The molecule has 156 valence electrons. The van der Waals surface area contributed by atoms with E-state index >= 15 is 0 Å². The Morgan fingerprint density at radius 1 is 1.24 bits per heavy atom. The lowest BCUT2D eigenvalue weighted by molar-refractivity contribution is -0.125. The van der Waals surface area contributed by atoms with Crippen LogP contribution in [0.15, 0.2) is 44.8 Å². The number of amides is 1. The van der Waals surface area contributed by atoms with E-state index < -0.39 is 0 Å². The summed E-state index contributed by atoms with van der Waals surface area (Å²) in [5.41, 5.74) is 0.417. The summed E-state index contributed by atoms with van der Waals surface area (Å²) in [6.45, 7) is 4.08. The van der Waals surface area contributed by atoms with Crippen molar-refractivity contribution in [2.45, 2.75) is 37.8 Å². The van der Waals surface area contributed by atoms with Crippen LogP contribution in [0, 0.1) is 5.92 Å². The minimum absolute atomic E-state index is 0.0119. The lowest BCUT2D eigenvalue weighted by atomic mass is 9.97. The summed E-state index contributed by atoms with van der Waals surface area (Å²) in [7, 11) is 1.48. The fraction of sp³-hybridized carbons (Fsp3) is 0.476. The monoisotopic (exact) mass is 416 g/mol. The third kappa shape index (κ3) is 4.75. The molecule has 29 heavy (non-hydrogen) atoms. The lowest BCUT2D eigenvalue weighted by Crippen LogP contribution is -2.47. The van der Waals surface area contributed by atoms with E-state index in [9.17, 15) is 14.4 Å². The molecule has 1 amide bonds. The van der Waals surface area contributed by atoms with E-state index in [4.69, 9.17) is 0 Å². The normalized spacial score (nSPS) is 16.7. The van der Waals surface area contributed by atoms with Gasteiger partial charge in [0.1, 0.15) is 5.82 Å². The average Bonchev–Trinajstić information content (AvgIpc) is 2.76. The van der Waals surface area contributed by atoms with Crippen LogP contribution in [0.25, 0.3) is 0 Å². The van der Waals surface area contributed by atoms with Crippen LogP contribution in [-0.2, 0) is 24.9 Å². The third-order valence-corrected chi connectivity index (χ3v) is 6.18. The number of nitrogens with one attached hydrogen (secondary N) is 1. The summed E-state index contributed by atoms with van der Waals surface area (Å²) in [6, 6.07) is 9.65. The minimum atomic E-state index is -0.324. The molecule has 1 fully saturated rings. The van der Waals surface area contributed by atoms with Gasteiger partial charge in [-0.2, -0.15) is 0 Å². The molecule has 7 nitrogen and oxygen atoms in total. The number of anilines is 1. The maximum atomic E-state index is 12.7. The Hall–Kier alpha value is -2.48. The van der Waals surface area contributed by atoms with Gasteiger partial charge in [0, 0.05) is 44.2 Å². The van der Waals surface area contributed by atoms with Crippen LogP contribution >= 0.6 is 11.8 Å². The zero-order valence-electron chi connectivity index (χ0n) is 17.2.